The molecular weight excluding hydrogens is 423 g/mol. The maximum atomic E-state index is 14.4. The molecule has 0 aromatic carbocycles. The molecule has 174 valence electrons. The summed E-state index contributed by atoms with van der Waals surface area (Å²) in [5, 5.41) is 9.97. The predicted molar refractivity (Wildman–Crippen MR) is 84.1 cm³/mol. The van der Waals surface area contributed by atoms with Crippen LogP contribution in [0.1, 0.15) is 52.4 Å². The van der Waals surface area contributed by atoms with Gasteiger partial charge in [0.1, 0.15) is 6.10 Å². The molecule has 0 aliphatic carbocycles. The van der Waals surface area contributed by atoms with E-state index in [1.165, 1.54) is 6.92 Å². The second-order valence-electron chi connectivity index (χ2n) is 7.03. The summed E-state index contributed by atoms with van der Waals surface area (Å²) in [6.45, 7) is 3.08. The van der Waals surface area contributed by atoms with Gasteiger partial charge in [0.25, 0.3) is 0 Å². The Morgan fingerprint density at radius 1 is 0.897 bits per heavy atom. The molecule has 0 spiro atoms. The van der Waals surface area contributed by atoms with E-state index in [0.717, 1.165) is 12.8 Å². The molecule has 0 saturated carbocycles. The van der Waals surface area contributed by atoms with Crippen LogP contribution in [0.3, 0.4) is 0 Å². The first-order valence-electron chi connectivity index (χ1n) is 9.30. The van der Waals surface area contributed by atoms with Crippen LogP contribution < -0.4 is 0 Å². The molecule has 0 unspecified atom stereocenters. The number of halogens is 9. The van der Waals surface area contributed by atoms with E-state index in [4.69, 9.17) is 9.47 Å². The highest BCUT2D eigenvalue weighted by molar-refractivity contribution is 5.06. The number of alkyl halides is 9. The Morgan fingerprint density at radius 3 is 1.97 bits per heavy atom. The number of aliphatic hydroxyl groups is 1. The van der Waals surface area contributed by atoms with Crippen LogP contribution in [0.2, 0.25) is 0 Å². The molecule has 0 bridgehead atoms. The van der Waals surface area contributed by atoms with Gasteiger partial charge in [-0.15, -0.1) is 0 Å². The summed E-state index contributed by atoms with van der Waals surface area (Å²) in [6.07, 6.45) is -10.7. The lowest BCUT2D eigenvalue weighted by Gasteiger charge is -2.45. The maximum absolute atomic E-state index is 14.4. The standard InChI is InChI=1S/C17H25F9O3/c1-3-5-6-7-8-10-9-11(12(27)13(29-10)28-4-2)14(18,19)15(20,21)16(22,23)17(24,25)26/h10-13,27H,3-9H2,1-2H3/t10-,11+,12-,13+/m0/s1. The highest BCUT2D eigenvalue weighted by atomic mass is 19.4. The van der Waals surface area contributed by atoms with Crippen LogP contribution in [0.5, 0.6) is 0 Å². The van der Waals surface area contributed by atoms with Crippen molar-refractivity contribution < 1.29 is 54.1 Å². The van der Waals surface area contributed by atoms with Crippen LogP contribution in [-0.2, 0) is 9.47 Å². The van der Waals surface area contributed by atoms with Crippen LogP contribution in [0.4, 0.5) is 39.5 Å². The zero-order valence-corrected chi connectivity index (χ0v) is 15.9. The van der Waals surface area contributed by atoms with Crippen molar-refractivity contribution in [2.24, 2.45) is 5.92 Å². The van der Waals surface area contributed by atoms with Gasteiger partial charge >= 0.3 is 23.9 Å². The first kappa shape index (κ1) is 26.3. The van der Waals surface area contributed by atoms with Crippen LogP contribution in [0, 0.1) is 5.92 Å². The summed E-state index contributed by atoms with van der Waals surface area (Å²) >= 11 is 0. The van der Waals surface area contributed by atoms with E-state index in [1.807, 2.05) is 6.92 Å². The lowest BCUT2D eigenvalue weighted by Crippen LogP contribution is -2.66. The Balaban J connectivity index is 3.16. The lowest BCUT2D eigenvalue weighted by atomic mass is 9.80. The highest BCUT2D eigenvalue weighted by Crippen LogP contribution is 2.57. The summed E-state index contributed by atoms with van der Waals surface area (Å²) in [7, 11) is 0. The SMILES string of the molecule is CCCCCC[C@H]1C[C@@H](C(F)(F)C(F)(F)C(F)(F)C(F)(F)F)[C@H](O)[C@H](OCC)O1. The van der Waals surface area contributed by atoms with Gasteiger partial charge in [-0.05, 0) is 19.8 Å². The zero-order valence-electron chi connectivity index (χ0n) is 15.9. The van der Waals surface area contributed by atoms with Crippen molar-refractivity contribution in [2.45, 2.75) is 94.8 Å². The third kappa shape index (κ3) is 5.30. The van der Waals surface area contributed by atoms with Crippen LogP contribution in [0.25, 0.3) is 0 Å². The Morgan fingerprint density at radius 2 is 1.48 bits per heavy atom. The number of aliphatic hydroxyl groups excluding tert-OH is 1. The monoisotopic (exact) mass is 448 g/mol. The third-order valence-electron chi connectivity index (χ3n) is 4.88. The van der Waals surface area contributed by atoms with E-state index in [2.05, 4.69) is 0 Å². The normalized spacial score (nSPS) is 27.3. The van der Waals surface area contributed by atoms with E-state index < -0.39 is 54.8 Å². The molecule has 0 amide bonds. The molecule has 29 heavy (non-hydrogen) atoms. The van der Waals surface area contributed by atoms with Crippen molar-refractivity contribution in [2.75, 3.05) is 6.61 Å². The Labute approximate surface area is 162 Å². The van der Waals surface area contributed by atoms with E-state index in [1.54, 1.807) is 0 Å². The summed E-state index contributed by atoms with van der Waals surface area (Å²) < 4.78 is 130. The molecule has 0 aromatic heterocycles. The van der Waals surface area contributed by atoms with Gasteiger partial charge in [0.05, 0.1) is 12.0 Å². The van der Waals surface area contributed by atoms with Crippen molar-refractivity contribution >= 4 is 0 Å². The molecule has 1 saturated heterocycles. The van der Waals surface area contributed by atoms with Crippen molar-refractivity contribution in [3.05, 3.63) is 0 Å². The summed E-state index contributed by atoms with van der Waals surface area (Å²) in [5.74, 6) is -22.6. The number of hydrogen-bond donors (Lipinski definition) is 1. The molecule has 4 atom stereocenters. The molecule has 1 N–H and O–H groups in total. The van der Waals surface area contributed by atoms with Crippen molar-refractivity contribution in [3.8, 4) is 0 Å². The van der Waals surface area contributed by atoms with Gasteiger partial charge in [0, 0.05) is 6.61 Å². The fourth-order valence-corrected chi connectivity index (χ4v) is 3.21. The number of ether oxygens (including phenoxy) is 2. The highest BCUT2D eigenvalue weighted by Gasteiger charge is 2.83. The van der Waals surface area contributed by atoms with Gasteiger partial charge in [-0.2, -0.15) is 39.5 Å². The summed E-state index contributed by atoms with van der Waals surface area (Å²) in [4.78, 5) is 0. The van der Waals surface area contributed by atoms with Gasteiger partial charge in [0.15, 0.2) is 6.29 Å². The minimum absolute atomic E-state index is 0.0735. The van der Waals surface area contributed by atoms with E-state index in [0.29, 0.717) is 12.8 Å². The number of rotatable bonds is 10. The molecule has 0 radical (unpaired) electrons. The largest absolute Gasteiger partial charge is 0.460 e. The van der Waals surface area contributed by atoms with Gasteiger partial charge in [-0.25, -0.2) is 0 Å². The molecule has 1 fully saturated rings. The van der Waals surface area contributed by atoms with E-state index >= 15 is 0 Å². The first-order valence-corrected chi connectivity index (χ1v) is 9.30. The van der Waals surface area contributed by atoms with Crippen LogP contribution in [-0.4, -0.2) is 54.2 Å². The number of hydrogen-bond acceptors (Lipinski definition) is 3. The van der Waals surface area contributed by atoms with Crippen molar-refractivity contribution in [1.82, 2.24) is 0 Å². The zero-order chi connectivity index (χ0) is 22.7. The van der Waals surface area contributed by atoms with Crippen LogP contribution in [0.15, 0.2) is 0 Å². The van der Waals surface area contributed by atoms with Crippen molar-refractivity contribution in [3.63, 3.8) is 0 Å². The fraction of sp³-hybridized carbons (Fsp3) is 1.00. The quantitative estimate of drug-likeness (QED) is 0.352. The van der Waals surface area contributed by atoms with Gasteiger partial charge in [-0.3, -0.25) is 0 Å². The van der Waals surface area contributed by atoms with Gasteiger partial charge in [-0.1, -0.05) is 32.6 Å². The second-order valence-corrected chi connectivity index (χ2v) is 7.03. The third-order valence-corrected chi connectivity index (χ3v) is 4.88. The first-order chi connectivity index (χ1) is 13.1. The van der Waals surface area contributed by atoms with Crippen molar-refractivity contribution in [1.29, 1.82) is 0 Å². The molecule has 0 aromatic rings. The predicted octanol–water partition coefficient (Wildman–Crippen LogP) is 5.55. The minimum atomic E-state index is -7.00. The second kappa shape index (κ2) is 9.59. The maximum Gasteiger partial charge on any atom is 0.460 e. The van der Waals surface area contributed by atoms with Gasteiger partial charge < -0.3 is 14.6 Å². The molecule has 3 nitrogen and oxygen atoms in total. The molecule has 1 heterocycles. The Bertz CT molecular complexity index is 511. The minimum Gasteiger partial charge on any atom is -0.387 e. The summed E-state index contributed by atoms with van der Waals surface area (Å²) in [6, 6.07) is 0. The molecule has 1 rings (SSSR count). The molecule has 1 aliphatic rings. The number of unbranched alkanes of at least 4 members (excludes halogenated alkanes) is 3. The smallest absolute Gasteiger partial charge is 0.387 e. The topological polar surface area (TPSA) is 38.7 Å². The molecule has 12 heteroatoms. The Kier molecular flexibility index (Phi) is 8.69. The average Bonchev–Trinajstić information content (AvgIpc) is 2.59. The van der Waals surface area contributed by atoms with E-state index in [-0.39, 0.29) is 13.0 Å². The Hall–Kier alpha value is -0.750. The van der Waals surface area contributed by atoms with Crippen LogP contribution >= 0.6 is 0 Å². The lowest BCUT2D eigenvalue weighted by molar-refractivity contribution is -0.413. The molecular formula is C17H25F9O3. The summed E-state index contributed by atoms with van der Waals surface area (Å²) in [5.41, 5.74) is 0. The van der Waals surface area contributed by atoms with E-state index in [9.17, 15) is 44.6 Å². The average molecular weight is 448 g/mol. The molecule has 1 aliphatic heterocycles. The fourth-order valence-electron chi connectivity index (χ4n) is 3.21. The van der Waals surface area contributed by atoms with Gasteiger partial charge in [0.2, 0.25) is 0 Å².